The molecule has 2 atom stereocenters. The molecule has 9 nitrogen and oxygen atoms in total. The van der Waals surface area contributed by atoms with Crippen LogP contribution in [0, 0.1) is 0 Å². The minimum atomic E-state index is -4.77. The number of piperidine rings is 1. The molecule has 0 spiro atoms. The van der Waals surface area contributed by atoms with E-state index < -0.39 is 24.2 Å². The molecule has 3 heterocycles. The zero-order valence-electron chi connectivity index (χ0n) is 18.0. The summed E-state index contributed by atoms with van der Waals surface area (Å²) in [6.07, 6.45) is -5.38. The summed E-state index contributed by atoms with van der Waals surface area (Å²) in [5.74, 6) is -1.20. The van der Waals surface area contributed by atoms with Crippen molar-refractivity contribution in [1.82, 2.24) is 25.2 Å². The molecule has 0 radical (unpaired) electrons. The van der Waals surface area contributed by atoms with Gasteiger partial charge in [0.05, 0.1) is 11.9 Å². The first kappa shape index (κ1) is 22.7. The van der Waals surface area contributed by atoms with E-state index in [1.165, 1.54) is 33.8 Å². The summed E-state index contributed by atoms with van der Waals surface area (Å²) in [6, 6.07) is 9.46. The van der Waals surface area contributed by atoms with Crippen molar-refractivity contribution < 1.29 is 32.7 Å². The maximum absolute atomic E-state index is 13.0. The summed E-state index contributed by atoms with van der Waals surface area (Å²) in [7, 11) is 0. The molecule has 35 heavy (non-hydrogen) atoms. The third-order valence-corrected chi connectivity index (χ3v) is 6.13. The number of imide groups is 1. The Labute approximate surface area is 196 Å². The number of rotatable bonds is 4. The van der Waals surface area contributed by atoms with E-state index in [-0.39, 0.29) is 36.8 Å². The fraction of sp³-hybridized carbons (Fsp3) is 0.261. The Morgan fingerprint density at radius 1 is 1.09 bits per heavy atom. The van der Waals surface area contributed by atoms with Crippen molar-refractivity contribution in [3.05, 3.63) is 65.4 Å². The van der Waals surface area contributed by atoms with Gasteiger partial charge in [0.15, 0.2) is 6.10 Å². The largest absolute Gasteiger partial charge is 0.418 e. The van der Waals surface area contributed by atoms with Crippen LogP contribution in [0.2, 0.25) is 0 Å². The molecule has 2 unspecified atom stereocenters. The summed E-state index contributed by atoms with van der Waals surface area (Å²) in [4.78, 5) is 38.2. The van der Waals surface area contributed by atoms with Gasteiger partial charge in [-0.1, -0.05) is 35.5 Å². The predicted molar refractivity (Wildman–Crippen MR) is 114 cm³/mol. The highest BCUT2D eigenvalue weighted by molar-refractivity contribution is 6.05. The number of hydrogen-bond acceptors (Lipinski definition) is 6. The summed E-state index contributed by atoms with van der Waals surface area (Å²) >= 11 is 0. The van der Waals surface area contributed by atoms with Crippen LogP contribution in [0.1, 0.15) is 40.4 Å². The standard InChI is InChI=1S/C23H18F3N5O4/c24-23(25,26)20(33)13-6-4-12(5-7-13)16-11-31(29-28-16)17-3-1-2-14-15(17)10-30(22(14)35)18-8-9-19(32)27-21(18)34/h1-7,11,18,20,33H,8-10H2,(H,27,32,34). The van der Waals surface area contributed by atoms with Crippen molar-refractivity contribution in [2.75, 3.05) is 0 Å². The van der Waals surface area contributed by atoms with Crippen LogP contribution in [0.15, 0.2) is 48.7 Å². The Balaban J connectivity index is 1.41. The van der Waals surface area contributed by atoms with E-state index in [0.29, 0.717) is 28.1 Å². The quantitative estimate of drug-likeness (QED) is 0.548. The SMILES string of the molecule is O=C1CCC(N2Cc3c(cccc3-n3cc(-c4ccc(C(O)C(F)(F)F)cc4)nn3)C2=O)C(=O)N1. The molecule has 12 heteroatoms. The average Bonchev–Trinajstić information content (AvgIpc) is 3.44. The highest BCUT2D eigenvalue weighted by Crippen LogP contribution is 2.34. The molecule has 180 valence electrons. The predicted octanol–water partition coefficient (Wildman–Crippen LogP) is 2.29. The van der Waals surface area contributed by atoms with Gasteiger partial charge in [-0.05, 0) is 24.1 Å². The molecule has 2 aromatic carbocycles. The second-order valence-electron chi connectivity index (χ2n) is 8.32. The maximum Gasteiger partial charge on any atom is 0.418 e. The summed E-state index contributed by atoms with van der Waals surface area (Å²) < 4.78 is 39.6. The zero-order chi connectivity index (χ0) is 24.9. The van der Waals surface area contributed by atoms with Crippen LogP contribution < -0.4 is 5.32 Å². The number of nitrogens with zero attached hydrogens (tertiary/aromatic N) is 4. The topological polar surface area (TPSA) is 117 Å². The van der Waals surface area contributed by atoms with E-state index in [1.54, 1.807) is 24.4 Å². The normalized spacial score (nSPS) is 19.0. The van der Waals surface area contributed by atoms with Gasteiger partial charge in [-0.15, -0.1) is 5.10 Å². The Kier molecular flexibility index (Phi) is 5.39. The van der Waals surface area contributed by atoms with Crippen LogP contribution in [-0.4, -0.2) is 54.9 Å². The molecule has 3 aromatic rings. The smallest absolute Gasteiger partial charge is 0.379 e. The lowest BCUT2D eigenvalue weighted by Gasteiger charge is -2.29. The Morgan fingerprint density at radius 2 is 1.83 bits per heavy atom. The Bertz CT molecular complexity index is 1340. The van der Waals surface area contributed by atoms with E-state index in [2.05, 4.69) is 15.6 Å². The van der Waals surface area contributed by atoms with Crippen LogP contribution in [0.4, 0.5) is 13.2 Å². The summed E-state index contributed by atoms with van der Waals surface area (Å²) in [5, 5.41) is 19.9. The van der Waals surface area contributed by atoms with E-state index in [9.17, 15) is 32.7 Å². The number of amides is 3. The highest BCUT2D eigenvalue weighted by Gasteiger charge is 2.40. The third-order valence-electron chi connectivity index (χ3n) is 6.13. The number of alkyl halides is 3. The van der Waals surface area contributed by atoms with Crippen molar-refractivity contribution in [1.29, 1.82) is 0 Å². The van der Waals surface area contributed by atoms with Crippen LogP contribution in [0.25, 0.3) is 16.9 Å². The number of hydrogen-bond donors (Lipinski definition) is 2. The lowest BCUT2D eigenvalue weighted by Crippen LogP contribution is -2.52. The molecule has 1 fully saturated rings. The summed E-state index contributed by atoms with van der Waals surface area (Å²) in [6.45, 7) is 0.149. The van der Waals surface area contributed by atoms with Crippen molar-refractivity contribution in [2.45, 2.75) is 37.7 Å². The number of carbonyl (C=O) groups is 3. The van der Waals surface area contributed by atoms with E-state index in [0.717, 1.165) is 0 Å². The van der Waals surface area contributed by atoms with Crippen molar-refractivity contribution in [2.24, 2.45) is 0 Å². The second-order valence-corrected chi connectivity index (χ2v) is 8.32. The first-order chi connectivity index (χ1) is 16.6. The number of halogens is 3. The van der Waals surface area contributed by atoms with Gasteiger partial charge >= 0.3 is 6.18 Å². The molecule has 0 aliphatic carbocycles. The Hall–Kier alpha value is -4.06. The average molecular weight is 485 g/mol. The molecular formula is C23H18F3N5O4. The first-order valence-corrected chi connectivity index (χ1v) is 10.7. The zero-order valence-corrected chi connectivity index (χ0v) is 18.0. The van der Waals surface area contributed by atoms with Gasteiger partial charge in [0.2, 0.25) is 11.8 Å². The third kappa shape index (κ3) is 4.05. The monoisotopic (exact) mass is 485 g/mol. The fourth-order valence-corrected chi connectivity index (χ4v) is 4.32. The lowest BCUT2D eigenvalue weighted by atomic mass is 10.0. The molecule has 0 bridgehead atoms. The van der Waals surface area contributed by atoms with Gasteiger partial charge in [-0.25, -0.2) is 4.68 Å². The highest BCUT2D eigenvalue weighted by atomic mass is 19.4. The summed E-state index contributed by atoms with van der Waals surface area (Å²) in [5.41, 5.74) is 2.19. The molecule has 1 aromatic heterocycles. The van der Waals surface area contributed by atoms with Crippen molar-refractivity contribution in [3.8, 4) is 16.9 Å². The van der Waals surface area contributed by atoms with Gasteiger partial charge in [0.1, 0.15) is 11.7 Å². The molecule has 5 rings (SSSR count). The minimum Gasteiger partial charge on any atom is -0.379 e. The van der Waals surface area contributed by atoms with E-state index in [4.69, 9.17) is 0 Å². The van der Waals surface area contributed by atoms with Gasteiger partial charge < -0.3 is 10.0 Å². The maximum atomic E-state index is 13.0. The van der Waals surface area contributed by atoms with Gasteiger partial charge in [-0.3, -0.25) is 19.7 Å². The van der Waals surface area contributed by atoms with Gasteiger partial charge in [0, 0.05) is 29.7 Å². The molecule has 2 aliphatic rings. The lowest BCUT2D eigenvalue weighted by molar-refractivity contribution is -0.206. The molecule has 3 amide bonds. The second kappa shape index (κ2) is 8.31. The molecule has 2 aliphatic heterocycles. The number of aliphatic hydroxyl groups is 1. The minimum absolute atomic E-state index is 0.147. The van der Waals surface area contributed by atoms with Gasteiger partial charge in [-0.2, -0.15) is 13.2 Å². The molecule has 2 N–H and O–H groups in total. The number of aliphatic hydroxyl groups excluding tert-OH is 1. The molecule has 0 saturated carbocycles. The van der Waals surface area contributed by atoms with E-state index >= 15 is 0 Å². The number of nitrogens with one attached hydrogen (secondary N) is 1. The Morgan fingerprint density at radius 3 is 2.51 bits per heavy atom. The van der Waals surface area contributed by atoms with Crippen LogP contribution in [0.3, 0.4) is 0 Å². The van der Waals surface area contributed by atoms with Crippen LogP contribution in [0.5, 0.6) is 0 Å². The number of fused-ring (bicyclic) bond motifs is 1. The number of benzene rings is 2. The van der Waals surface area contributed by atoms with Crippen LogP contribution in [-0.2, 0) is 16.1 Å². The molecular weight excluding hydrogens is 467 g/mol. The first-order valence-electron chi connectivity index (χ1n) is 10.7. The number of carbonyl (C=O) groups excluding carboxylic acids is 3. The number of aromatic nitrogens is 3. The van der Waals surface area contributed by atoms with Crippen LogP contribution >= 0.6 is 0 Å². The fourth-order valence-electron chi connectivity index (χ4n) is 4.32. The van der Waals surface area contributed by atoms with E-state index in [1.807, 2.05) is 0 Å². The van der Waals surface area contributed by atoms with Gasteiger partial charge in [0.25, 0.3) is 5.91 Å². The molecule has 1 saturated heterocycles. The van der Waals surface area contributed by atoms with Crippen molar-refractivity contribution >= 4 is 17.7 Å². The van der Waals surface area contributed by atoms with Crippen molar-refractivity contribution in [3.63, 3.8) is 0 Å².